The zero-order valence-electron chi connectivity index (χ0n) is 10.6. The lowest BCUT2D eigenvalue weighted by Crippen LogP contribution is -2.19. The first kappa shape index (κ1) is 14.7. The summed E-state index contributed by atoms with van der Waals surface area (Å²) in [6.45, 7) is 2.12. The van der Waals surface area contributed by atoms with Gasteiger partial charge < -0.3 is 5.11 Å². The molecule has 0 aliphatic heterocycles. The molecule has 0 spiro atoms. The van der Waals surface area contributed by atoms with E-state index in [4.69, 9.17) is 6.42 Å². The Hall–Kier alpha value is -1.35. The third-order valence-corrected chi connectivity index (χ3v) is 3.55. The third-order valence-electron chi connectivity index (χ3n) is 2.36. The third kappa shape index (κ3) is 5.32. The van der Waals surface area contributed by atoms with E-state index in [1.165, 1.54) is 11.8 Å². The first-order valence-corrected chi connectivity index (χ1v) is 7.00. The van der Waals surface area contributed by atoms with Crippen LogP contribution in [0.2, 0.25) is 0 Å². The maximum absolute atomic E-state index is 9.93. The SMILES string of the molecule is C#C[C@@H](Sc1ccccc1)[C@H](O)C#CCCCC. The lowest BCUT2D eigenvalue weighted by atomic mass is 10.2. The molecule has 0 radical (unpaired) electrons. The summed E-state index contributed by atoms with van der Waals surface area (Å²) in [6, 6.07) is 9.82. The van der Waals surface area contributed by atoms with E-state index in [9.17, 15) is 5.11 Å². The molecule has 0 amide bonds. The van der Waals surface area contributed by atoms with Gasteiger partial charge in [-0.15, -0.1) is 24.1 Å². The standard InChI is InChI=1S/C16H18OS/c1-3-5-6-10-13-15(17)16(4-2)18-14-11-8-7-9-12-14/h2,7-9,11-12,15-17H,3,5-6H2,1H3/t15-,16-/m1/s1. The van der Waals surface area contributed by atoms with E-state index < -0.39 is 6.10 Å². The predicted molar refractivity (Wildman–Crippen MR) is 78.2 cm³/mol. The van der Waals surface area contributed by atoms with E-state index in [0.717, 1.165) is 24.2 Å². The summed E-state index contributed by atoms with van der Waals surface area (Å²) in [5.74, 6) is 8.41. The zero-order valence-corrected chi connectivity index (χ0v) is 11.4. The number of unbranched alkanes of at least 4 members (excludes halogenated alkanes) is 2. The highest BCUT2D eigenvalue weighted by Crippen LogP contribution is 2.24. The summed E-state index contributed by atoms with van der Waals surface area (Å²) in [6.07, 6.45) is 7.68. The molecule has 0 saturated heterocycles. The summed E-state index contributed by atoms with van der Waals surface area (Å²) in [7, 11) is 0. The fraction of sp³-hybridized carbons (Fsp3) is 0.375. The Morgan fingerprint density at radius 3 is 2.67 bits per heavy atom. The van der Waals surface area contributed by atoms with Crippen LogP contribution >= 0.6 is 11.8 Å². The number of aliphatic hydroxyl groups is 1. The molecule has 0 aliphatic rings. The fourth-order valence-electron chi connectivity index (χ4n) is 1.35. The molecule has 0 aromatic heterocycles. The van der Waals surface area contributed by atoms with Crippen LogP contribution in [0.4, 0.5) is 0 Å². The Bertz CT molecular complexity index is 436. The second-order valence-electron chi connectivity index (χ2n) is 3.89. The van der Waals surface area contributed by atoms with Crippen molar-refractivity contribution in [2.24, 2.45) is 0 Å². The molecule has 1 N–H and O–H groups in total. The number of thioether (sulfide) groups is 1. The molecule has 0 fully saturated rings. The van der Waals surface area contributed by atoms with Crippen molar-refractivity contribution in [3.05, 3.63) is 30.3 Å². The zero-order chi connectivity index (χ0) is 13.2. The van der Waals surface area contributed by atoms with Crippen LogP contribution in [0.25, 0.3) is 0 Å². The molecule has 1 rings (SSSR count). The number of hydrogen-bond donors (Lipinski definition) is 1. The van der Waals surface area contributed by atoms with Gasteiger partial charge in [-0.25, -0.2) is 0 Å². The van der Waals surface area contributed by atoms with Gasteiger partial charge in [0.05, 0.1) is 0 Å². The lowest BCUT2D eigenvalue weighted by Gasteiger charge is -2.12. The predicted octanol–water partition coefficient (Wildman–Crippen LogP) is 3.34. The minimum absolute atomic E-state index is 0.318. The fourth-order valence-corrected chi connectivity index (χ4v) is 2.23. The smallest absolute Gasteiger partial charge is 0.137 e. The summed E-state index contributed by atoms with van der Waals surface area (Å²) in [5.41, 5.74) is 0. The van der Waals surface area contributed by atoms with E-state index in [-0.39, 0.29) is 5.25 Å². The largest absolute Gasteiger partial charge is 0.378 e. The van der Waals surface area contributed by atoms with Crippen LogP contribution < -0.4 is 0 Å². The van der Waals surface area contributed by atoms with Crippen molar-refractivity contribution in [3.8, 4) is 24.2 Å². The van der Waals surface area contributed by atoms with Gasteiger partial charge in [-0.05, 0) is 18.6 Å². The van der Waals surface area contributed by atoms with Gasteiger partial charge in [0.15, 0.2) is 0 Å². The maximum Gasteiger partial charge on any atom is 0.137 e. The van der Waals surface area contributed by atoms with Crippen LogP contribution in [-0.2, 0) is 0 Å². The van der Waals surface area contributed by atoms with Gasteiger partial charge in [0.1, 0.15) is 11.4 Å². The van der Waals surface area contributed by atoms with Gasteiger partial charge >= 0.3 is 0 Å². The number of rotatable bonds is 5. The molecule has 0 heterocycles. The van der Waals surface area contributed by atoms with Crippen LogP contribution in [0.15, 0.2) is 35.2 Å². The number of benzene rings is 1. The van der Waals surface area contributed by atoms with Crippen LogP contribution in [-0.4, -0.2) is 16.5 Å². The van der Waals surface area contributed by atoms with Crippen molar-refractivity contribution in [1.29, 1.82) is 0 Å². The highest BCUT2D eigenvalue weighted by molar-refractivity contribution is 8.00. The molecule has 0 aliphatic carbocycles. The monoisotopic (exact) mass is 258 g/mol. The average Bonchev–Trinajstić information content (AvgIpc) is 2.42. The molecule has 1 aromatic carbocycles. The molecule has 2 atom stereocenters. The molecule has 1 nitrogen and oxygen atoms in total. The second kappa shape index (κ2) is 8.70. The van der Waals surface area contributed by atoms with Crippen LogP contribution in [0.1, 0.15) is 26.2 Å². The van der Waals surface area contributed by atoms with Crippen molar-refractivity contribution in [2.75, 3.05) is 0 Å². The summed E-state index contributed by atoms with van der Waals surface area (Å²) in [4.78, 5) is 1.05. The summed E-state index contributed by atoms with van der Waals surface area (Å²) in [5, 5.41) is 9.61. The Morgan fingerprint density at radius 2 is 2.06 bits per heavy atom. The molecule has 1 aromatic rings. The van der Waals surface area contributed by atoms with Crippen LogP contribution in [0, 0.1) is 24.2 Å². The Balaban J connectivity index is 2.55. The molecule has 0 saturated carbocycles. The number of hydrogen-bond acceptors (Lipinski definition) is 2. The summed E-state index contributed by atoms with van der Waals surface area (Å²) < 4.78 is 0. The highest BCUT2D eigenvalue weighted by atomic mass is 32.2. The van der Waals surface area contributed by atoms with E-state index in [1.807, 2.05) is 30.3 Å². The van der Waals surface area contributed by atoms with Crippen LogP contribution in [0.5, 0.6) is 0 Å². The Labute approximate surface area is 114 Å². The van der Waals surface area contributed by atoms with Crippen molar-refractivity contribution < 1.29 is 5.11 Å². The van der Waals surface area contributed by atoms with Gasteiger partial charge in [-0.3, -0.25) is 0 Å². The van der Waals surface area contributed by atoms with E-state index in [0.29, 0.717) is 0 Å². The van der Waals surface area contributed by atoms with Crippen LogP contribution in [0.3, 0.4) is 0 Å². The number of terminal acetylenes is 1. The van der Waals surface area contributed by atoms with E-state index >= 15 is 0 Å². The second-order valence-corrected chi connectivity index (χ2v) is 5.10. The van der Waals surface area contributed by atoms with E-state index in [2.05, 4.69) is 24.7 Å². The Morgan fingerprint density at radius 1 is 1.33 bits per heavy atom. The van der Waals surface area contributed by atoms with Gasteiger partial charge in [-0.2, -0.15) is 0 Å². The van der Waals surface area contributed by atoms with E-state index in [1.54, 1.807) is 0 Å². The molecule has 2 heteroatoms. The molecule has 18 heavy (non-hydrogen) atoms. The first-order chi connectivity index (χ1) is 8.77. The van der Waals surface area contributed by atoms with Gasteiger partial charge in [0, 0.05) is 11.3 Å². The van der Waals surface area contributed by atoms with Crippen molar-refractivity contribution in [3.63, 3.8) is 0 Å². The quantitative estimate of drug-likeness (QED) is 0.496. The van der Waals surface area contributed by atoms with Crippen molar-refractivity contribution >= 4 is 11.8 Å². The lowest BCUT2D eigenvalue weighted by molar-refractivity contribution is 0.243. The van der Waals surface area contributed by atoms with Gasteiger partial charge in [0.25, 0.3) is 0 Å². The first-order valence-electron chi connectivity index (χ1n) is 6.12. The van der Waals surface area contributed by atoms with Crippen molar-refractivity contribution in [1.82, 2.24) is 0 Å². The summed E-state index contributed by atoms with van der Waals surface area (Å²) >= 11 is 1.47. The highest BCUT2D eigenvalue weighted by Gasteiger charge is 2.15. The topological polar surface area (TPSA) is 20.2 Å². The van der Waals surface area contributed by atoms with Gasteiger partial charge in [0.2, 0.25) is 0 Å². The van der Waals surface area contributed by atoms with Crippen molar-refractivity contribution in [2.45, 2.75) is 42.4 Å². The normalized spacial score (nSPS) is 12.9. The number of aliphatic hydroxyl groups excluding tert-OH is 1. The molecular weight excluding hydrogens is 240 g/mol. The maximum atomic E-state index is 9.93. The molecular formula is C16H18OS. The average molecular weight is 258 g/mol. The minimum atomic E-state index is -0.767. The molecule has 0 bridgehead atoms. The van der Waals surface area contributed by atoms with Gasteiger partial charge in [-0.1, -0.05) is 43.4 Å². The molecule has 94 valence electrons. The Kier molecular flexibility index (Phi) is 7.11. The minimum Gasteiger partial charge on any atom is -0.378 e. The molecule has 0 unspecified atom stereocenters.